The van der Waals surface area contributed by atoms with Crippen molar-refractivity contribution in [1.29, 1.82) is 5.26 Å². The standard InChI is InChI=1S/C17H14N2O4/c18-10-13(17(22)19-11-14-5-2-8-23-14)4-1-3-12-6-7-15(20)16(21)9-12/h1-9,20-21H,11H2,(H,19,22). The largest absolute Gasteiger partial charge is 0.504 e. The number of nitrogens with one attached hydrogen (secondary N) is 1. The molecular weight excluding hydrogens is 296 g/mol. The lowest BCUT2D eigenvalue weighted by atomic mass is 10.1. The summed E-state index contributed by atoms with van der Waals surface area (Å²) in [4.78, 5) is 11.9. The average molecular weight is 310 g/mol. The number of hydrogen-bond acceptors (Lipinski definition) is 5. The number of carbonyl (C=O) groups is 1. The number of phenols is 2. The number of carbonyl (C=O) groups excluding carboxylic acids is 1. The molecule has 116 valence electrons. The van der Waals surface area contributed by atoms with Crippen LogP contribution < -0.4 is 5.32 Å². The van der Waals surface area contributed by atoms with E-state index in [1.54, 1.807) is 24.3 Å². The number of hydrogen-bond donors (Lipinski definition) is 3. The Labute approximate surface area is 132 Å². The number of allylic oxidation sites excluding steroid dienone is 2. The third-order valence-electron chi connectivity index (χ3n) is 2.92. The number of phenolic OH excluding ortho intramolecular Hbond substituents is 2. The van der Waals surface area contributed by atoms with Gasteiger partial charge in [0.15, 0.2) is 11.5 Å². The van der Waals surface area contributed by atoms with Crippen molar-refractivity contribution in [3.63, 3.8) is 0 Å². The summed E-state index contributed by atoms with van der Waals surface area (Å²) in [5, 5.41) is 30.2. The Morgan fingerprint density at radius 3 is 2.78 bits per heavy atom. The van der Waals surface area contributed by atoms with E-state index in [0.29, 0.717) is 11.3 Å². The number of aromatic hydroxyl groups is 2. The Hall–Kier alpha value is -3.46. The lowest BCUT2D eigenvalue weighted by molar-refractivity contribution is -0.117. The molecule has 1 amide bonds. The number of nitrogens with zero attached hydrogens (tertiary/aromatic N) is 1. The van der Waals surface area contributed by atoms with E-state index < -0.39 is 5.91 Å². The van der Waals surface area contributed by atoms with E-state index in [0.717, 1.165) is 0 Å². The molecule has 0 aliphatic carbocycles. The van der Waals surface area contributed by atoms with Gasteiger partial charge in [0.05, 0.1) is 12.8 Å². The fraction of sp³-hybridized carbons (Fsp3) is 0.0588. The van der Waals surface area contributed by atoms with Crippen molar-refractivity contribution >= 4 is 12.0 Å². The van der Waals surface area contributed by atoms with Crippen LogP contribution in [0.4, 0.5) is 0 Å². The number of furan rings is 1. The van der Waals surface area contributed by atoms with Crippen molar-refractivity contribution < 1.29 is 19.4 Å². The van der Waals surface area contributed by atoms with Crippen LogP contribution in [-0.2, 0) is 11.3 Å². The molecule has 6 nitrogen and oxygen atoms in total. The third-order valence-corrected chi connectivity index (χ3v) is 2.92. The highest BCUT2D eigenvalue weighted by Gasteiger charge is 2.08. The van der Waals surface area contributed by atoms with Gasteiger partial charge in [-0.3, -0.25) is 4.79 Å². The topological polar surface area (TPSA) is 106 Å². The van der Waals surface area contributed by atoms with Gasteiger partial charge in [0.25, 0.3) is 5.91 Å². The molecule has 1 aromatic heterocycles. The van der Waals surface area contributed by atoms with Gasteiger partial charge >= 0.3 is 0 Å². The number of amides is 1. The molecule has 0 unspecified atom stereocenters. The van der Waals surface area contributed by atoms with Gasteiger partial charge < -0.3 is 19.9 Å². The quantitative estimate of drug-likeness (QED) is 0.340. The minimum atomic E-state index is -0.512. The van der Waals surface area contributed by atoms with E-state index in [2.05, 4.69) is 5.32 Å². The summed E-state index contributed by atoms with van der Waals surface area (Å²) in [6.45, 7) is 0.195. The second-order valence-corrected chi connectivity index (χ2v) is 4.56. The lowest BCUT2D eigenvalue weighted by Gasteiger charge is -2.01. The fourth-order valence-electron chi connectivity index (χ4n) is 1.74. The van der Waals surface area contributed by atoms with Crippen molar-refractivity contribution in [2.75, 3.05) is 0 Å². The maximum atomic E-state index is 11.9. The van der Waals surface area contributed by atoms with E-state index >= 15 is 0 Å². The first-order valence-corrected chi connectivity index (χ1v) is 6.71. The SMILES string of the molecule is N#CC(=CC=Cc1ccc(O)c(O)c1)C(=O)NCc1ccco1. The summed E-state index contributed by atoms with van der Waals surface area (Å²) in [7, 11) is 0. The van der Waals surface area contributed by atoms with Crippen LogP contribution in [0, 0.1) is 11.3 Å². The number of nitriles is 1. The van der Waals surface area contributed by atoms with Gasteiger partial charge in [0.2, 0.25) is 0 Å². The van der Waals surface area contributed by atoms with Crippen LogP contribution in [0.2, 0.25) is 0 Å². The molecule has 3 N–H and O–H groups in total. The van der Waals surface area contributed by atoms with Gasteiger partial charge in [-0.15, -0.1) is 0 Å². The van der Waals surface area contributed by atoms with Crippen molar-refractivity contribution in [3.8, 4) is 17.6 Å². The van der Waals surface area contributed by atoms with Gasteiger partial charge in [-0.1, -0.05) is 18.2 Å². The van der Waals surface area contributed by atoms with E-state index in [4.69, 9.17) is 9.68 Å². The molecule has 0 aliphatic rings. The molecule has 0 saturated carbocycles. The van der Waals surface area contributed by atoms with Crippen LogP contribution in [0.15, 0.2) is 58.7 Å². The van der Waals surface area contributed by atoms with E-state index in [1.165, 1.54) is 30.5 Å². The zero-order valence-electron chi connectivity index (χ0n) is 12.1. The summed E-state index contributed by atoms with van der Waals surface area (Å²) in [6.07, 6.45) is 5.97. The van der Waals surface area contributed by atoms with Crippen LogP contribution in [0.25, 0.3) is 6.08 Å². The van der Waals surface area contributed by atoms with Gasteiger partial charge in [0.1, 0.15) is 17.4 Å². The third kappa shape index (κ3) is 4.51. The maximum Gasteiger partial charge on any atom is 0.262 e. The minimum Gasteiger partial charge on any atom is -0.504 e. The maximum absolute atomic E-state index is 11.9. The smallest absolute Gasteiger partial charge is 0.262 e. The summed E-state index contributed by atoms with van der Waals surface area (Å²) in [6, 6.07) is 9.54. The van der Waals surface area contributed by atoms with Crippen LogP contribution in [0.5, 0.6) is 11.5 Å². The summed E-state index contributed by atoms with van der Waals surface area (Å²) < 4.78 is 5.08. The first kappa shape index (κ1) is 15.9. The molecule has 2 rings (SSSR count). The average Bonchev–Trinajstić information content (AvgIpc) is 3.06. The van der Waals surface area contributed by atoms with Crippen molar-refractivity contribution in [3.05, 3.63) is 65.6 Å². The minimum absolute atomic E-state index is 0.0594. The Morgan fingerprint density at radius 2 is 2.13 bits per heavy atom. The van der Waals surface area contributed by atoms with E-state index in [-0.39, 0.29) is 23.6 Å². The first-order valence-electron chi connectivity index (χ1n) is 6.71. The molecule has 0 radical (unpaired) electrons. The molecular formula is C17H14N2O4. The Balaban J connectivity index is 2.00. The number of benzene rings is 1. The van der Waals surface area contributed by atoms with Gasteiger partial charge in [0, 0.05) is 0 Å². The van der Waals surface area contributed by atoms with E-state index in [9.17, 15) is 15.0 Å². The molecule has 0 bridgehead atoms. The molecule has 1 heterocycles. The highest BCUT2D eigenvalue weighted by molar-refractivity contribution is 5.97. The summed E-state index contributed by atoms with van der Waals surface area (Å²) in [5.41, 5.74) is 0.556. The highest BCUT2D eigenvalue weighted by Crippen LogP contribution is 2.25. The molecule has 0 saturated heterocycles. The van der Waals surface area contributed by atoms with E-state index in [1.807, 2.05) is 6.07 Å². The molecule has 0 spiro atoms. The monoisotopic (exact) mass is 310 g/mol. The predicted molar refractivity (Wildman–Crippen MR) is 83.1 cm³/mol. The normalized spacial score (nSPS) is 11.3. The molecule has 1 aromatic carbocycles. The highest BCUT2D eigenvalue weighted by atomic mass is 16.3. The summed E-state index contributed by atoms with van der Waals surface area (Å²) >= 11 is 0. The second kappa shape index (κ2) is 7.52. The Kier molecular flexibility index (Phi) is 5.21. The molecule has 23 heavy (non-hydrogen) atoms. The van der Waals surface area contributed by atoms with Gasteiger partial charge in [-0.2, -0.15) is 5.26 Å². The zero-order valence-corrected chi connectivity index (χ0v) is 12.1. The Bertz CT molecular complexity index is 783. The van der Waals surface area contributed by atoms with Gasteiger partial charge in [-0.05, 0) is 35.9 Å². The molecule has 0 atom stereocenters. The molecule has 6 heteroatoms. The van der Waals surface area contributed by atoms with Gasteiger partial charge in [-0.25, -0.2) is 0 Å². The molecule has 0 aliphatic heterocycles. The van der Waals surface area contributed by atoms with Crippen LogP contribution >= 0.6 is 0 Å². The predicted octanol–water partition coefficient (Wildman–Crippen LogP) is 2.47. The Morgan fingerprint density at radius 1 is 1.30 bits per heavy atom. The van der Waals surface area contributed by atoms with Crippen LogP contribution in [0.1, 0.15) is 11.3 Å². The van der Waals surface area contributed by atoms with Crippen molar-refractivity contribution in [1.82, 2.24) is 5.32 Å². The fourth-order valence-corrected chi connectivity index (χ4v) is 1.74. The van der Waals surface area contributed by atoms with Crippen LogP contribution in [0.3, 0.4) is 0 Å². The molecule has 0 fully saturated rings. The molecule has 2 aromatic rings. The number of rotatable bonds is 5. The second-order valence-electron chi connectivity index (χ2n) is 4.56. The van der Waals surface area contributed by atoms with Crippen molar-refractivity contribution in [2.45, 2.75) is 6.54 Å². The van der Waals surface area contributed by atoms with Crippen molar-refractivity contribution in [2.24, 2.45) is 0 Å². The zero-order chi connectivity index (χ0) is 16.7. The van der Waals surface area contributed by atoms with Crippen LogP contribution in [-0.4, -0.2) is 16.1 Å². The first-order chi connectivity index (χ1) is 11.1. The summed E-state index contributed by atoms with van der Waals surface area (Å²) in [5.74, 6) is -0.381. The lowest BCUT2D eigenvalue weighted by Crippen LogP contribution is -2.23.